The number of anilines is 1. The summed E-state index contributed by atoms with van der Waals surface area (Å²) >= 11 is 0. The van der Waals surface area contributed by atoms with Crippen molar-refractivity contribution in [1.29, 1.82) is 0 Å². The van der Waals surface area contributed by atoms with Crippen LogP contribution in [-0.4, -0.2) is 43.6 Å². The SMILES string of the molecule is CS(=O)(=O)c1ccc(CC(=O)N2CCC(c3nc4ccccc4cc3N)CC2)cc1. The quantitative estimate of drug-likeness (QED) is 0.696. The molecule has 0 atom stereocenters. The summed E-state index contributed by atoms with van der Waals surface area (Å²) in [5.41, 5.74) is 9.67. The molecule has 4 rings (SSSR count). The third kappa shape index (κ3) is 4.31. The summed E-state index contributed by atoms with van der Waals surface area (Å²) in [7, 11) is -3.23. The molecule has 0 saturated carbocycles. The Morgan fingerprint density at radius 3 is 2.43 bits per heavy atom. The molecule has 3 aromatic rings. The Kier molecular flexibility index (Phi) is 5.47. The molecule has 0 bridgehead atoms. The van der Waals surface area contributed by atoms with Crippen molar-refractivity contribution in [3.05, 3.63) is 65.9 Å². The maximum atomic E-state index is 12.7. The second-order valence-electron chi connectivity index (χ2n) is 7.90. The Balaban J connectivity index is 1.39. The maximum Gasteiger partial charge on any atom is 0.226 e. The second kappa shape index (κ2) is 8.07. The minimum Gasteiger partial charge on any atom is -0.397 e. The Morgan fingerprint density at radius 2 is 1.77 bits per heavy atom. The molecule has 7 heteroatoms. The third-order valence-electron chi connectivity index (χ3n) is 5.73. The van der Waals surface area contributed by atoms with Gasteiger partial charge < -0.3 is 10.6 Å². The number of para-hydroxylation sites is 1. The fraction of sp³-hybridized carbons (Fsp3) is 0.304. The Hall–Kier alpha value is -2.93. The molecule has 2 N–H and O–H groups in total. The van der Waals surface area contributed by atoms with Crippen LogP contribution in [0.2, 0.25) is 0 Å². The highest BCUT2D eigenvalue weighted by Gasteiger charge is 2.26. The fourth-order valence-electron chi connectivity index (χ4n) is 4.02. The molecular formula is C23H25N3O3S. The number of benzene rings is 2. The summed E-state index contributed by atoms with van der Waals surface area (Å²) in [6.07, 6.45) is 3.10. The summed E-state index contributed by atoms with van der Waals surface area (Å²) < 4.78 is 23.1. The predicted molar refractivity (Wildman–Crippen MR) is 118 cm³/mol. The predicted octanol–water partition coefficient (Wildman–Crippen LogP) is 3.17. The molecule has 1 fully saturated rings. The number of sulfone groups is 1. The van der Waals surface area contributed by atoms with Crippen LogP contribution in [0.25, 0.3) is 10.9 Å². The zero-order chi connectivity index (χ0) is 21.3. The van der Waals surface area contributed by atoms with Crippen molar-refractivity contribution in [2.24, 2.45) is 0 Å². The number of amides is 1. The molecule has 6 nitrogen and oxygen atoms in total. The van der Waals surface area contributed by atoms with Gasteiger partial charge in [-0.3, -0.25) is 9.78 Å². The molecule has 0 spiro atoms. The lowest BCUT2D eigenvalue weighted by Crippen LogP contribution is -2.39. The van der Waals surface area contributed by atoms with Crippen LogP contribution in [0.4, 0.5) is 5.69 Å². The number of fused-ring (bicyclic) bond motifs is 1. The molecule has 1 aromatic heterocycles. The number of likely N-dealkylation sites (tertiary alicyclic amines) is 1. The zero-order valence-corrected chi connectivity index (χ0v) is 17.7. The number of carbonyl (C=O) groups is 1. The number of hydrogen-bond donors (Lipinski definition) is 1. The summed E-state index contributed by atoms with van der Waals surface area (Å²) in [6, 6.07) is 16.5. The smallest absolute Gasteiger partial charge is 0.226 e. The van der Waals surface area contributed by atoms with E-state index in [4.69, 9.17) is 10.7 Å². The molecule has 0 aliphatic carbocycles. The van der Waals surface area contributed by atoms with Crippen LogP contribution in [-0.2, 0) is 21.1 Å². The van der Waals surface area contributed by atoms with E-state index >= 15 is 0 Å². The van der Waals surface area contributed by atoms with Gasteiger partial charge in [-0.05, 0) is 42.7 Å². The number of pyridine rings is 1. The standard InChI is InChI=1S/C23H25N3O3S/c1-30(28,29)19-8-6-16(7-9-19)14-22(27)26-12-10-17(11-13-26)23-20(24)15-18-4-2-3-5-21(18)25-23/h2-9,15,17H,10-14,24H2,1H3. The van der Waals surface area contributed by atoms with E-state index in [9.17, 15) is 13.2 Å². The van der Waals surface area contributed by atoms with Crippen LogP contribution in [0.15, 0.2) is 59.5 Å². The molecule has 156 valence electrons. The van der Waals surface area contributed by atoms with Crippen molar-refractivity contribution in [1.82, 2.24) is 9.88 Å². The van der Waals surface area contributed by atoms with Gasteiger partial charge in [0.05, 0.1) is 28.2 Å². The van der Waals surface area contributed by atoms with Gasteiger partial charge in [0.25, 0.3) is 0 Å². The highest BCUT2D eigenvalue weighted by atomic mass is 32.2. The highest BCUT2D eigenvalue weighted by Crippen LogP contribution is 2.32. The topological polar surface area (TPSA) is 93.4 Å². The van der Waals surface area contributed by atoms with Gasteiger partial charge in [-0.2, -0.15) is 0 Å². The van der Waals surface area contributed by atoms with E-state index in [2.05, 4.69) is 0 Å². The first kappa shape index (κ1) is 20.3. The zero-order valence-electron chi connectivity index (χ0n) is 16.9. The van der Waals surface area contributed by atoms with Crippen LogP contribution >= 0.6 is 0 Å². The van der Waals surface area contributed by atoms with Crippen molar-refractivity contribution in [2.75, 3.05) is 25.1 Å². The number of carbonyl (C=O) groups excluding carboxylic acids is 1. The van der Waals surface area contributed by atoms with Crippen molar-refractivity contribution in [3.63, 3.8) is 0 Å². The molecule has 1 saturated heterocycles. The molecule has 2 heterocycles. The van der Waals surface area contributed by atoms with Crippen molar-refractivity contribution >= 4 is 32.3 Å². The van der Waals surface area contributed by atoms with Crippen LogP contribution < -0.4 is 5.73 Å². The Labute approximate surface area is 176 Å². The van der Waals surface area contributed by atoms with Crippen LogP contribution in [0.3, 0.4) is 0 Å². The summed E-state index contributed by atoms with van der Waals surface area (Å²) in [6.45, 7) is 1.33. The molecule has 1 aliphatic heterocycles. The number of aromatic nitrogens is 1. The number of rotatable bonds is 4. The van der Waals surface area contributed by atoms with Crippen LogP contribution in [0, 0.1) is 0 Å². The van der Waals surface area contributed by atoms with Gasteiger partial charge in [-0.15, -0.1) is 0 Å². The van der Waals surface area contributed by atoms with E-state index in [1.54, 1.807) is 24.3 Å². The summed E-state index contributed by atoms with van der Waals surface area (Å²) in [5, 5.41) is 1.04. The van der Waals surface area contributed by atoms with E-state index < -0.39 is 9.84 Å². The van der Waals surface area contributed by atoms with Gasteiger partial charge in [0.15, 0.2) is 9.84 Å². The Morgan fingerprint density at radius 1 is 1.10 bits per heavy atom. The number of hydrogen-bond acceptors (Lipinski definition) is 5. The first-order valence-corrected chi connectivity index (χ1v) is 11.9. The van der Waals surface area contributed by atoms with Gasteiger partial charge >= 0.3 is 0 Å². The fourth-order valence-corrected chi connectivity index (χ4v) is 4.65. The number of nitrogens with two attached hydrogens (primary N) is 1. The first-order valence-electron chi connectivity index (χ1n) is 10.0. The lowest BCUT2D eigenvalue weighted by molar-refractivity contribution is -0.131. The molecule has 2 aromatic carbocycles. The van der Waals surface area contributed by atoms with Crippen molar-refractivity contribution in [2.45, 2.75) is 30.1 Å². The molecule has 1 amide bonds. The van der Waals surface area contributed by atoms with E-state index in [1.807, 2.05) is 35.2 Å². The average molecular weight is 424 g/mol. The normalized spacial score (nSPS) is 15.4. The van der Waals surface area contributed by atoms with Gasteiger partial charge in [0.1, 0.15) is 0 Å². The number of piperidine rings is 1. The van der Waals surface area contributed by atoms with Gasteiger partial charge in [0.2, 0.25) is 5.91 Å². The largest absolute Gasteiger partial charge is 0.397 e. The number of nitrogens with zero attached hydrogens (tertiary/aromatic N) is 2. The molecule has 30 heavy (non-hydrogen) atoms. The van der Waals surface area contributed by atoms with Gasteiger partial charge in [-0.25, -0.2) is 8.42 Å². The summed E-state index contributed by atoms with van der Waals surface area (Å²) in [5.74, 6) is 0.299. The van der Waals surface area contributed by atoms with E-state index in [0.29, 0.717) is 18.8 Å². The van der Waals surface area contributed by atoms with Gasteiger partial charge in [0, 0.05) is 30.6 Å². The van der Waals surface area contributed by atoms with Gasteiger partial charge in [-0.1, -0.05) is 30.3 Å². The Bertz CT molecular complexity index is 1180. The minimum atomic E-state index is -3.23. The van der Waals surface area contributed by atoms with Crippen molar-refractivity contribution < 1.29 is 13.2 Å². The lowest BCUT2D eigenvalue weighted by atomic mass is 9.91. The monoisotopic (exact) mass is 423 g/mol. The van der Waals surface area contributed by atoms with Crippen LogP contribution in [0.1, 0.15) is 30.0 Å². The lowest BCUT2D eigenvalue weighted by Gasteiger charge is -2.32. The highest BCUT2D eigenvalue weighted by molar-refractivity contribution is 7.90. The molecule has 0 radical (unpaired) electrons. The third-order valence-corrected chi connectivity index (χ3v) is 6.85. The van der Waals surface area contributed by atoms with E-state index in [1.165, 1.54) is 6.26 Å². The average Bonchev–Trinajstić information content (AvgIpc) is 2.73. The van der Waals surface area contributed by atoms with E-state index in [-0.39, 0.29) is 23.1 Å². The summed E-state index contributed by atoms with van der Waals surface area (Å²) in [4.78, 5) is 19.6. The maximum absolute atomic E-state index is 12.7. The molecule has 1 aliphatic rings. The molecular weight excluding hydrogens is 398 g/mol. The second-order valence-corrected chi connectivity index (χ2v) is 9.92. The minimum absolute atomic E-state index is 0.0556. The first-order chi connectivity index (χ1) is 14.3. The van der Waals surface area contributed by atoms with Crippen molar-refractivity contribution in [3.8, 4) is 0 Å². The van der Waals surface area contributed by atoms with E-state index in [0.717, 1.165) is 35.0 Å². The molecule has 0 unspecified atom stereocenters. The number of nitrogen functional groups attached to an aromatic ring is 1. The van der Waals surface area contributed by atoms with Crippen LogP contribution in [0.5, 0.6) is 0 Å².